The number of hydrogen-bond donors (Lipinski definition) is 1. The minimum absolute atomic E-state index is 0.302. The van der Waals surface area contributed by atoms with Crippen LogP contribution in [0.4, 0.5) is 0 Å². The summed E-state index contributed by atoms with van der Waals surface area (Å²) in [6, 6.07) is 2.02. The molecule has 3 nitrogen and oxygen atoms in total. The summed E-state index contributed by atoms with van der Waals surface area (Å²) in [6.07, 6.45) is 7.97. The van der Waals surface area contributed by atoms with Crippen LogP contribution in [0.2, 0.25) is 0 Å². The molecule has 2 fully saturated rings. The summed E-state index contributed by atoms with van der Waals surface area (Å²) < 4.78 is 6.50. The Balaban J connectivity index is 1.79. The van der Waals surface area contributed by atoms with Gasteiger partial charge in [-0.1, -0.05) is 27.7 Å². The Morgan fingerprint density at radius 3 is 2.81 bits per heavy atom. The molecule has 21 heavy (non-hydrogen) atoms. The van der Waals surface area contributed by atoms with Gasteiger partial charge in [0, 0.05) is 29.9 Å². The second-order valence-corrected chi connectivity index (χ2v) is 7.48. The lowest BCUT2D eigenvalue weighted by Gasteiger charge is -2.39. The predicted octanol–water partition coefficient (Wildman–Crippen LogP) is 3.78. The number of nitrogens with zero attached hydrogens (tertiary/aromatic N) is 1. The van der Waals surface area contributed by atoms with Crippen LogP contribution in [-0.2, 0) is 6.54 Å². The summed E-state index contributed by atoms with van der Waals surface area (Å²) in [6.45, 7) is 11.2. The Morgan fingerprint density at radius 2 is 2.19 bits per heavy atom. The number of rotatable bonds is 5. The topological polar surface area (TPSA) is 34.2 Å². The molecule has 0 aliphatic heterocycles. The van der Waals surface area contributed by atoms with Crippen LogP contribution in [0, 0.1) is 16.7 Å². The maximum absolute atomic E-state index is 6.50. The van der Waals surface area contributed by atoms with Crippen LogP contribution in [0.15, 0.2) is 18.5 Å². The Bertz CT molecular complexity index is 514. The van der Waals surface area contributed by atoms with Gasteiger partial charge in [-0.2, -0.15) is 0 Å². The standard InChI is InChI=1S/C18H28N2O/c1-5-19-11-13-12-20-9-7-15(13)21-16-10-14-6-8-18(16,4)17(14,2)3/h7,9,12,14,16,19H,5-6,8,10-11H2,1-4H3. The third-order valence-electron chi connectivity index (χ3n) is 6.41. The first-order chi connectivity index (χ1) is 9.99. The molecule has 1 aromatic heterocycles. The number of hydrogen-bond acceptors (Lipinski definition) is 3. The summed E-state index contributed by atoms with van der Waals surface area (Å²) >= 11 is 0. The van der Waals surface area contributed by atoms with Crippen LogP contribution in [0.3, 0.4) is 0 Å². The van der Waals surface area contributed by atoms with Gasteiger partial charge in [0.2, 0.25) is 0 Å². The average molecular weight is 288 g/mol. The highest BCUT2D eigenvalue weighted by Gasteiger charge is 2.62. The van der Waals surface area contributed by atoms with Crippen molar-refractivity contribution in [3.05, 3.63) is 24.0 Å². The van der Waals surface area contributed by atoms with Crippen LogP contribution in [0.1, 0.15) is 52.5 Å². The molecule has 2 aliphatic rings. The van der Waals surface area contributed by atoms with Crippen LogP contribution in [0.5, 0.6) is 5.75 Å². The predicted molar refractivity (Wildman–Crippen MR) is 85.3 cm³/mol. The number of ether oxygens (including phenoxy) is 1. The van der Waals surface area contributed by atoms with Gasteiger partial charge in [-0.05, 0) is 43.2 Å². The summed E-state index contributed by atoms with van der Waals surface area (Å²) in [5.74, 6) is 1.83. The van der Waals surface area contributed by atoms with Gasteiger partial charge in [-0.3, -0.25) is 4.98 Å². The van der Waals surface area contributed by atoms with Crippen molar-refractivity contribution < 1.29 is 4.74 Å². The van der Waals surface area contributed by atoms with E-state index in [4.69, 9.17) is 4.74 Å². The van der Waals surface area contributed by atoms with Gasteiger partial charge in [0.25, 0.3) is 0 Å². The monoisotopic (exact) mass is 288 g/mol. The van der Waals surface area contributed by atoms with E-state index in [2.05, 4.69) is 38.0 Å². The van der Waals surface area contributed by atoms with Crippen molar-refractivity contribution in [2.75, 3.05) is 6.54 Å². The maximum Gasteiger partial charge on any atom is 0.127 e. The van der Waals surface area contributed by atoms with Crippen molar-refractivity contribution in [1.29, 1.82) is 0 Å². The SMILES string of the molecule is CCNCc1cnccc1OC1CC2CCC1(C)C2(C)C. The van der Waals surface area contributed by atoms with E-state index in [1.807, 2.05) is 18.5 Å². The zero-order chi connectivity index (χ0) is 15.1. The Hall–Kier alpha value is -1.09. The molecule has 1 aromatic rings. The van der Waals surface area contributed by atoms with Crippen LogP contribution >= 0.6 is 0 Å². The molecule has 0 saturated heterocycles. The summed E-state index contributed by atoms with van der Waals surface area (Å²) in [7, 11) is 0. The van der Waals surface area contributed by atoms with Gasteiger partial charge in [0.05, 0.1) is 0 Å². The number of aromatic nitrogens is 1. The van der Waals surface area contributed by atoms with Gasteiger partial charge in [-0.15, -0.1) is 0 Å². The highest BCUT2D eigenvalue weighted by molar-refractivity contribution is 5.31. The molecule has 116 valence electrons. The normalized spacial score (nSPS) is 33.3. The molecule has 0 radical (unpaired) electrons. The molecule has 1 N–H and O–H groups in total. The van der Waals surface area contributed by atoms with E-state index >= 15 is 0 Å². The number of fused-ring (bicyclic) bond motifs is 2. The highest BCUT2D eigenvalue weighted by Crippen LogP contribution is 2.66. The van der Waals surface area contributed by atoms with Crippen molar-refractivity contribution >= 4 is 0 Å². The molecule has 0 spiro atoms. The first-order valence-corrected chi connectivity index (χ1v) is 8.29. The smallest absolute Gasteiger partial charge is 0.127 e. The Morgan fingerprint density at radius 1 is 1.38 bits per heavy atom. The number of nitrogens with one attached hydrogen (secondary N) is 1. The molecule has 3 atom stereocenters. The molecular weight excluding hydrogens is 260 g/mol. The molecule has 2 saturated carbocycles. The van der Waals surface area contributed by atoms with Crippen LogP contribution in [-0.4, -0.2) is 17.6 Å². The lowest BCUT2D eigenvalue weighted by molar-refractivity contribution is 0.0294. The van der Waals surface area contributed by atoms with E-state index in [1.54, 1.807) is 0 Å². The quantitative estimate of drug-likeness (QED) is 0.895. The largest absolute Gasteiger partial charge is 0.489 e. The summed E-state index contributed by atoms with van der Waals surface area (Å²) in [5, 5.41) is 3.37. The van der Waals surface area contributed by atoms with E-state index < -0.39 is 0 Å². The van der Waals surface area contributed by atoms with E-state index in [-0.39, 0.29) is 0 Å². The zero-order valence-electron chi connectivity index (χ0n) is 13.8. The van der Waals surface area contributed by atoms with Crippen molar-refractivity contribution in [2.45, 2.75) is 59.6 Å². The minimum Gasteiger partial charge on any atom is -0.489 e. The number of pyridine rings is 1. The van der Waals surface area contributed by atoms with Gasteiger partial charge in [0.15, 0.2) is 0 Å². The second-order valence-electron chi connectivity index (χ2n) is 7.48. The summed E-state index contributed by atoms with van der Waals surface area (Å²) in [4.78, 5) is 4.25. The van der Waals surface area contributed by atoms with E-state index in [1.165, 1.54) is 24.8 Å². The first-order valence-electron chi connectivity index (χ1n) is 8.29. The molecule has 2 aliphatic carbocycles. The van der Waals surface area contributed by atoms with Crippen molar-refractivity contribution in [1.82, 2.24) is 10.3 Å². The van der Waals surface area contributed by atoms with E-state index in [9.17, 15) is 0 Å². The Kier molecular flexibility index (Phi) is 3.73. The van der Waals surface area contributed by atoms with Gasteiger partial charge < -0.3 is 10.1 Å². The van der Waals surface area contributed by atoms with E-state index in [0.29, 0.717) is 16.9 Å². The highest BCUT2D eigenvalue weighted by atomic mass is 16.5. The molecule has 3 unspecified atom stereocenters. The molecule has 1 heterocycles. The lowest BCUT2D eigenvalue weighted by Crippen LogP contribution is -2.39. The van der Waals surface area contributed by atoms with Crippen molar-refractivity contribution in [3.8, 4) is 5.75 Å². The lowest BCUT2D eigenvalue weighted by atomic mass is 9.70. The second kappa shape index (κ2) is 5.28. The fourth-order valence-corrected chi connectivity index (χ4v) is 4.38. The minimum atomic E-state index is 0.302. The van der Waals surface area contributed by atoms with Crippen LogP contribution in [0.25, 0.3) is 0 Å². The molecule has 3 rings (SSSR count). The van der Waals surface area contributed by atoms with E-state index in [0.717, 1.165) is 24.8 Å². The average Bonchev–Trinajstić information content (AvgIpc) is 2.79. The van der Waals surface area contributed by atoms with Crippen molar-refractivity contribution in [3.63, 3.8) is 0 Å². The fourth-order valence-electron chi connectivity index (χ4n) is 4.38. The first kappa shape index (κ1) is 14.8. The molecule has 0 aromatic carbocycles. The van der Waals surface area contributed by atoms with Gasteiger partial charge in [-0.25, -0.2) is 0 Å². The van der Waals surface area contributed by atoms with Gasteiger partial charge in [0.1, 0.15) is 11.9 Å². The van der Waals surface area contributed by atoms with Crippen molar-refractivity contribution in [2.24, 2.45) is 16.7 Å². The van der Waals surface area contributed by atoms with Crippen LogP contribution < -0.4 is 10.1 Å². The maximum atomic E-state index is 6.50. The third kappa shape index (κ3) is 2.26. The van der Waals surface area contributed by atoms with Gasteiger partial charge >= 0.3 is 0 Å². The third-order valence-corrected chi connectivity index (χ3v) is 6.41. The molecular formula is C18H28N2O. The fraction of sp³-hybridized carbons (Fsp3) is 0.722. The molecule has 3 heteroatoms. The Labute approximate surface area is 128 Å². The molecule has 0 amide bonds. The summed E-state index contributed by atoms with van der Waals surface area (Å²) in [5.41, 5.74) is 1.87. The molecule has 2 bridgehead atoms. The zero-order valence-corrected chi connectivity index (χ0v) is 13.8.